The topological polar surface area (TPSA) is 89.1 Å². The average molecular weight is 436 g/mol. The molecule has 2 N–H and O–H groups in total. The van der Waals surface area contributed by atoms with E-state index in [4.69, 9.17) is 26.4 Å². The average Bonchev–Trinajstić information content (AvgIpc) is 2.68. The molecule has 0 unspecified atom stereocenters. The third-order valence-corrected chi connectivity index (χ3v) is 4.68. The van der Waals surface area contributed by atoms with Crippen LogP contribution in [0.1, 0.15) is 39.3 Å². The highest BCUT2D eigenvalue weighted by atomic mass is 32.1. The lowest BCUT2D eigenvalue weighted by atomic mass is 9.95. The summed E-state index contributed by atoms with van der Waals surface area (Å²) in [6.07, 6.45) is -0.674. The Morgan fingerprint density at radius 1 is 1.20 bits per heavy atom. The zero-order chi connectivity index (χ0) is 22.4. The van der Waals surface area contributed by atoms with E-state index in [2.05, 4.69) is 10.6 Å². The smallest absolute Gasteiger partial charge is 0.338 e. The van der Waals surface area contributed by atoms with Gasteiger partial charge in [0.1, 0.15) is 0 Å². The first-order valence-electron chi connectivity index (χ1n) is 9.79. The van der Waals surface area contributed by atoms with Crippen molar-refractivity contribution in [3.63, 3.8) is 0 Å². The van der Waals surface area contributed by atoms with Gasteiger partial charge in [-0.1, -0.05) is 6.07 Å². The molecule has 0 aliphatic carbocycles. The Morgan fingerprint density at radius 2 is 1.90 bits per heavy atom. The fourth-order valence-corrected chi connectivity index (χ4v) is 3.37. The number of hydrogen-bond donors (Lipinski definition) is 2. The number of amides is 1. The highest BCUT2D eigenvalue weighted by Gasteiger charge is 2.31. The number of nitrogens with one attached hydrogen (secondary N) is 2. The second-order valence-electron chi connectivity index (χ2n) is 6.92. The first-order chi connectivity index (χ1) is 14.2. The molecule has 8 nitrogen and oxygen atoms in total. The van der Waals surface area contributed by atoms with Crippen LogP contribution in [0.25, 0.3) is 0 Å². The van der Waals surface area contributed by atoms with Gasteiger partial charge in [0, 0.05) is 19.8 Å². The molecule has 0 bridgehead atoms. The molecule has 1 aliphatic heterocycles. The van der Waals surface area contributed by atoms with Gasteiger partial charge in [-0.25, -0.2) is 4.79 Å². The number of allylic oxidation sites excluding steroid dienone is 1. The van der Waals surface area contributed by atoms with Crippen LogP contribution in [0.5, 0.6) is 11.5 Å². The summed E-state index contributed by atoms with van der Waals surface area (Å²) in [6.45, 7) is 7.75. The lowest BCUT2D eigenvalue weighted by Gasteiger charge is -2.30. The highest BCUT2D eigenvalue weighted by molar-refractivity contribution is 7.80. The molecule has 0 saturated heterocycles. The number of carbonyl (C=O) groups excluding carboxylic acids is 2. The zero-order valence-electron chi connectivity index (χ0n) is 18.2. The van der Waals surface area contributed by atoms with E-state index in [0.717, 1.165) is 5.56 Å². The molecule has 0 radical (unpaired) electrons. The standard InChI is InChI=1S/C21H29N3O5S/c1-7-27-16-11-14(9-10-15(16)29-13(4)19(25)24(5)6)18-17(20(26)28-8-2)12(3)22-21(30)23-18/h9-11,13,18H,7-8H2,1-6H3,(H2,22,23,30)/t13-,18-/m0/s1. The fraction of sp³-hybridized carbons (Fsp3) is 0.476. The van der Waals surface area contributed by atoms with Gasteiger partial charge in [-0.05, 0) is 57.6 Å². The minimum atomic E-state index is -0.674. The van der Waals surface area contributed by atoms with Crippen molar-refractivity contribution in [3.8, 4) is 11.5 Å². The predicted molar refractivity (Wildman–Crippen MR) is 117 cm³/mol. The van der Waals surface area contributed by atoms with Gasteiger partial charge >= 0.3 is 5.97 Å². The molecule has 9 heteroatoms. The van der Waals surface area contributed by atoms with Crippen molar-refractivity contribution in [1.82, 2.24) is 15.5 Å². The minimum absolute atomic E-state index is 0.157. The number of hydrogen-bond acceptors (Lipinski definition) is 6. The van der Waals surface area contributed by atoms with Crippen molar-refractivity contribution in [3.05, 3.63) is 35.0 Å². The monoisotopic (exact) mass is 435 g/mol. The molecular weight excluding hydrogens is 406 g/mol. The summed E-state index contributed by atoms with van der Waals surface area (Å²) >= 11 is 5.28. The Hall–Kier alpha value is -2.81. The van der Waals surface area contributed by atoms with Gasteiger partial charge in [0.15, 0.2) is 22.7 Å². The maximum Gasteiger partial charge on any atom is 0.338 e. The molecule has 0 aromatic heterocycles. The molecule has 30 heavy (non-hydrogen) atoms. The molecule has 1 aromatic rings. The fourth-order valence-electron chi connectivity index (χ4n) is 3.10. The van der Waals surface area contributed by atoms with Crippen LogP contribution in [0.2, 0.25) is 0 Å². The Bertz CT molecular complexity index is 853. The minimum Gasteiger partial charge on any atom is -0.490 e. The molecule has 1 aromatic carbocycles. The van der Waals surface area contributed by atoms with Crippen LogP contribution in [0, 0.1) is 0 Å². The third kappa shape index (κ3) is 5.41. The van der Waals surface area contributed by atoms with Crippen LogP contribution in [0.4, 0.5) is 0 Å². The van der Waals surface area contributed by atoms with Gasteiger partial charge in [-0.15, -0.1) is 0 Å². The molecule has 0 spiro atoms. The number of rotatable bonds is 8. The van der Waals surface area contributed by atoms with E-state index in [-0.39, 0.29) is 12.5 Å². The van der Waals surface area contributed by atoms with E-state index in [1.807, 2.05) is 13.0 Å². The van der Waals surface area contributed by atoms with Crippen molar-refractivity contribution < 1.29 is 23.8 Å². The number of benzene rings is 1. The first-order valence-corrected chi connectivity index (χ1v) is 10.2. The third-order valence-electron chi connectivity index (χ3n) is 4.46. The summed E-state index contributed by atoms with van der Waals surface area (Å²) < 4.78 is 16.8. The van der Waals surface area contributed by atoms with E-state index in [1.165, 1.54) is 4.90 Å². The highest BCUT2D eigenvalue weighted by Crippen LogP contribution is 2.35. The Morgan fingerprint density at radius 3 is 2.50 bits per heavy atom. The van der Waals surface area contributed by atoms with Gasteiger partial charge in [-0.3, -0.25) is 4.79 Å². The molecule has 1 aliphatic rings. The second-order valence-corrected chi connectivity index (χ2v) is 7.33. The molecule has 2 atom stereocenters. The molecule has 164 valence electrons. The van der Waals surface area contributed by atoms with E-state index in [1.54, 1.807) is 47.0 Å². The van der Waals surface area contributed by atoms with E-state index in [0.29, 0.717) is 34.5 Å². The van der Waals surface area contributed by atoms with Gasteiger partial charge in [0.25, 0.3) is 5.91 Å². The Labute approximate surface area is 182 Å². The van der Waals surface area contributed by atoms with Crippen molar-refractivity contribution >= 4 is 29.2 Å². The lowest BCUT2D eigenvalue weighted by molar-refractivity contribution is -0.139. The molecule has 1 heterocycles. The normalized spacial score (nSPS) is 16.9. The number of esters is 1. The van der Waals surface area contributed by atoms with Gasteiger partial charge in [-0.2, -0.15) is 0 Å². The van der Waals surface area contributed by atoms with Crippen LogP contribution in [-0.2, 0) is 14.3 Å². The van der Waals surface area contributed by atoms with Gasteiger partial charge in [0.2, 0.25) is 0 Å². The second kappa shape index (κ2) is 10.3. The van der Waals surface area contributed by atoms with Crippen molar-refractivity contribution in [2.75, 3.05) is 27.3 Å². The molecule has 2 rings (SSSR count). The Balaban J connectivity index is 2.42. The van der Waals surface area contributed by atoms with Crippen molar-refractivity contribution in [2.45, 2.75) is 39.8 Å². The first kappa shape index (κ1) is 23.5. The van der Waals surface area contributed by atoms with Crippen molar-refractivity contribution in [2.24, 2.45) is 0 Å². The number of ether oxygens (including phenoxy) is 3. The van der Waals surface area contributed by atoms with Gasteiger partial charge < -0.3 is 29.7 Å². The largest absolute Gasteiger partial charge is 0.490 e. The number of thiocarbonyl (C=S) groups is 1. The van der Waals surface area contributed by atoms with E-state index in [9.17, 15) is 9.59 Å². The molecule has 0 saturated carbocycles. The summed E-state index contributed by atoms with van der Waals surface area (Å²) in [5, 5.41) is 6.50. The van der Waals surface area contributed by atoms with E-state index >= 15 is 0 Å². The summed E-state index contributed by atoms with van der Waals surface area (Å²) in [4.78, 5) is 26.2. The number of likely N-dealkylation sites (N-methyl/N-ethyl adjacent to an activating group) is 1. The molecule has 1 amide bonds. The zero-order valence-corrected chi connectivity index (χ0v) is 19.0. The summed E-state index contributed by atoms with van der Waals surface area (Å²) in [7, 11) is 3.35. The maximum atomic E-state index is 12.6. The number of nitrogens with zero attached hydrogens (tertiary/aromatic N) is 1. The summed E-state index contributed by atoms with van der Waals surface area (Å²) in [6, 6.07) is 4.81. The van der Waals surface area contributed by atoms with Crippen LogP contribution < -0.4 is 20.1 Å². The van der Waals surface area contributed by atoms with Gasteiger partial charge in [0.05, 0.1) is 24.8 Å². The lowest BCUT2D eigenvalue weighted by Crippen LogP contribution is -2.45. The van der Waals surface area contributed by atoms with Crippen LogP contribution in [-0.4, -0.2) is 55.3 Å². The number of carbonyl (C=O) groups is 2. The molecular formula is C21H29N3O5S. The van der Waals surface area contributed by atoms with Crippen LogP contribution >= 0.6 is 12.2 Å². The summed E-state index contributed by atoms with van der Waals surface area (Å²) in [5.74, 6) is 0.333. The summed E-state index contributed by atoms with van der Waals surface area (Å²) in [5.41, 5.74) is 1.83. The maximum absolute atomic E-state index is 12.6. The van der Waals surface area contributed by atoms with E-state index < -0.39 is 18.1 Å². The Kier molecular flexibility index (Phi) is 8.05. The van der Waals surface area contributed by atoms with Crippen LogP contribution in [0.3, 0.4) is 0 Å². The predicted octanol–water partition coefficient (Wildman–Crippen LogP) is 2.30. The van der Waals surface area contributed by atoms with Crippen LogP contribution in [0.15, 0.2) is 29.5 Å². The SMILES string of the molecule is CCOC(=O)C1=C(C)NC(=S)N[C@H]1c1ccc(O[C@@H](C)C(=O)N(C)C)c(OCC)c1. The quantitative estimate of drug-likeness (QED) is 0.475. The van der Waals surface area contributed by atoms with Crippen molar-refractivity contribution in [1.29, 1.82) is 0 Å². The molecule has 0 fully saturated rings.